The molecule has 4 aromatic carbocycles. The van der Waals surface area contributed by atoms with Crippen molar-refractivity contribution in [2.45, 2.75) is 49.9 Å². The summed E-state index contributed by atoms with van der Waals surface area (Å²) in [5.74, 6) is -5.36. The van der Waals surface area contributed by atoms with Gasteiger partial charge in [0.05, 0.1) is 12.1 Å². The van der Waals surface area contributed by atoms with Crippen LogP contribution in [0.3, 0.4) is 0 Å². The first-order valence-corrected chi connectivity index (χ1v) is 16.5. The normalized spacial score (nSPS) is 12.8. The van der Waals surface area contributed by atoms with Gasteiger partial charge in [0.2, 0.25) is 11.8 Å². The number of Topliss-reactive ketones (excluding diaryl/α,β-unsaturated/α-hetero) is 3. The van der Waals surface area contributed by atoms with E-state index in [1.54, 1.807) is 109 Å². The summed E-state index contributed by atoms with van der Waals surface area (Å²) in [5.41, 5.74) is 32.5. The number of rotatable bonds is 18. The van der Waals surface area contributed by atoms with E-state index in [0.717, 1.165) is 11.1 Å². The summed E-state index contributed by atoms with van der Waals surface area (Å²) >= 11 is 0. The molecule has 0 spiro atoms. The summed E-state index contributed by atoms with van der Waals surface area (Å²) in [4.78, 5) is 73.7. The van der Waals surface area contributed by atoms with Crippen LogP contribution in [0.4, 0.5) is 0 Å². The number of carbonyl (C=O) groups is 5. The molecule has 4 aromatic rings. The van der Waals surface area contributed by atoms with Gasteiger partial charge < -0.3 is 33.2 Å². The smallest absolute Gasteiger partial charge is 0.360 e. The van der Waals surface area contributed by atoms with Gasteiger partial charge in [0.25, 0.3) is 11.6 Å². The molecule has 0 radical (unpaired) electrons. The van der Waals surface area contributed by atoms with E-state index in [1.165, 1.54) is 0 Å². The van der Waals surface area contributed by atoms with E-state index in [0.29, 0.717) is 11.1 Å². The molecule has 52 heavy (non-hydrogen) atoms. The summed E-state index contributed by atoms with van der Waals surface area (Å²) in [6.07, 6.45) is -0.0289. The van der Waals surface area contributed by atoms with E-state index >= 15 is 0 Å². The van der Waals surface area contributed by atoms with Crippen LogP contribution in [0.1, 0.15) is 22.3 Å². The second kappa shape index (κ2) is 19.0. The Bertz CT molecular complexity index is 1840. The Morgan fingerprint density at radius 2 is 0.750 bits per heavy atom. The average molecular weight is 699 g/mol. The minimum atomic E-state index is -1.54. The highest BCUT2D eigenvalue weighted by Gasteiger charge is 2.47. The third-order valence-electron chi connectivity index (χ3n) is 8.20. The van der Waals surface area contributed by atoms with Crippen LogP contribution < -0.4 is 22.1 Å². The number of hydrogen-bond acceptors (Lipinski definition) is 7. The second-order valence-electron chi connectivity index (χ2n) is 12.0. The van der Waals surface area contributed by atoms with Gasteiger partial charge in [-0.15, -0.1) is 0 Å². The lowest BCUT2D eigenvalue weighted by atomic mass is 9.92. The Kier molecular flexibility index (Phi) is 14.0. The molecule has 0 bridgehead atoms. The quantitative estimate of drug-likeness (QED) is 0.0518. The molecule has 4 rings (SSSR count). The summed E-state index contributed by atoms with van der Waals surface area (Å²) in [5, 5.41) is 5.08. The summed E-state index contributed by atoms with van der Waals surface area (Å²) in [6, 6.07) is 29.7. The zero-order chi connectivity index (χ0) is 37.5. The fourth-order valence-electron chi connectivity index (χ4n) is 5.45. The number of nitrogens with zero attached hydrogens (tertiary/aromatic N) is 4. The topological polar surface area (TPSA) is 234 Å². The van der Waals surface area contributed by atoms with Crippen LogP contribution in [-0.4, -0.2) is 74.3 Å². The molecule has 13 nitrogen and oxygen atoms in total. The summed E-state index contributed by atoms with van der Waals surface area (Å²) in [7, 11) is 0. The van der Waals surface area contributed by atoms with Gasteiger partial charge in [-0.1, -0.05) is 121 Å². The van der Waals surface area contributed by atoms with Gasteiger partial charge in [-0.2, -0.15) is 9.58 Å². The van der Waals surface area contributed by atoms with E-state index in [1.807, 2.05) is 12.1 Å². The molecule has 0 heterocycles. The first-order chi connectivity index (χ1) is 25.1. The van der Waals surface area contributed by atoms with Crippen LogP contribution in [0.15, 0.2) is 121 Å². The zero-order valence-electron chi connectivity index (χ0n) is 28.2. The lowest BCUT2D eigenvalue weighted by molar-refractivity contribution is -0.131. The monoisotopic (exact) mass is 698 g/mol. The van der Waals surface area contributed by atoms with Gasteiger partial charge in [-0.25, -0.2) is 0 Å². The standard InChI is InChI=1S/C39H38N8O5/c40-29(21-25-13-5-1-6-14-25)38(51)44-31(23-27-17-9-3-10-18-27)35(48)33(46-42)37(50)34(47-43)36(49)32(24-28-19-11-4-12-20-28)45-39(52)30(41)22-26-15-7-2-8-16-26/h1-20,29-32H,21-24,40-41H2,(H,44,51)(H,45,52)/t29-,30-,31-,32-/m0/s1. The van der Waals surface area contributed by atoms with Crippen LogP contribution in [0, 0.1) is 0 Å². The van der Waals surface area contributed by atoms with E-state index in [9.17, 15) is 35.0 Å². The fraction of sp³-hybridized carbons (Fsp3) is 0.205. The lowest BCUT2D eigenvalue weighted by Crippen LogP contribution is -2.55. The fourth-order valence-corrected chi connectivity index (χ4v) is 5.45. The highest BCUT2D eigenvalue weighted by atomic mass is 16.2. The lowest BCUT2D eigenvalue weighted by Gasteiger charge is -2.19. The zero-order valence-corrected chi connectivity index (χ0v) is 28.2. The SMILES string of the molecule is [N-]=[N+]=C(C(=O)C(=[N+]=[N-])C(=O)[C@H](Cc1ccccc1)NC(=O)[C@@H](N)Cc1ccccc1)C(=O)[C@H](Cc1ccccc1)NC(=O)[C@@H](N)Cc1ccccc1. The maximum absolute atomic E-state index is 13.9. The molecule has 0 aliphatic rings. The Morgan fingerprint density at radius 1 is 0.481 bits per heavy atom. The molecule has 13 heteroatoms. The first kappa shape index (κ1) is 38.3. The molecule has 0 saturated carbocycles. The number of carbonyl (C=O) groups excluding carboxylic acids is 5. The molecular formula is C39H38N8O5. The number of hydrogen-bond donors (Lipinski definition) is 4. The van der Waals surface area contributed by atoms with Crippen LogP contribution in [-0.2, 0) is 49.7 Å². The third-order valence-corrected chi connectivity index (χ3v) is 8.20. The molecule has 0 fully saturated rings. The number of benzene rings is 4. The van der Waals surface area contributed by atoms with Crippen molar-refractivity contribution in [3.05, 3.63) is 155 Å². The molecule has 0 unspecified atom stereocenters. The molecule has 0 aromatic heterocycles. The Hall–Kier alpha value is -6.49. The van der Waals surface area contributed by atoms with Crippen molar-refractivity contribution in [2.24, 2.45) is 11.5 Å². The van der Waals surface area contributed by atoms with E-state index in [4.69, 9.17) is 11.5 Å². The molecule has 264 valence electrons. The molecular weight excluding hydrogens is 660 g/mol. The van der Waals surface area contributed by atoms with E-state index < -0.39 is 64.8 Å². The average Bonchev–Trinajstić information content (AvgIpc) is 3.16. The summed E-state index contributed by atoms with van der Waals surface area (Å²) < 4.78 is 0. The Morgan fingerprint density at radius 3 is 1.02 bits per heavy atom. The predicted octanol–water partition coefficient (Wildman–Crippen LogP) is 1.63. The van der Waals surface area contributed by atoms with Gasteiger partial charge in [0.1, 0.15) is 12.1 Å². The van der Waals surface area contributed by atoms with Gasteiger partial charge in [0.15, 0.2) is 0 Å². The highest BCUT2D eigenvalue weighted by Crippen LogP contribution is 2.10. The van der Waals surface area contributed by atoms with Crippen molar-refractivity contribution >= 4 is 40.6 Å². The maximum Gasteiger partial charge on any atom is 0.415 e. The van der Waals surface area contributed by atoms with Crippen molar-refractivity contribution in [1.82, 2.24) is 10.6 Å². The van der Waals surface area contributed by atoms with Crippen LogP contribution >= 0.6 is 0 Å². The van der Waals surface area contributed by atoms with Crippen molar-refractivity contribution in [2.75, 3.05) is 0 Å². The van der Waals surface area contributed by atoms with Crippen molar-refractivity contribution < 1.29 is 33.6 Å². The van der Waals surface area contributed by atoms with E-state index in [2.05, 4.69) is 20.2 Å². The number of nitrogens with two attached hydrogens (primary N) is 2. The molecule has 2 amide bonds. The van der Waals surface area contributed by atoms with Gasteiger partial charge in [0, 0.05) is 12.8 Å². The molecule has 6 N–H and O–H groups in total. The minimum absolute atomic E-state index is 0.137. The number of nitrogens with one attached hydrogen (secondary N) is 2. The second-order valence-corrected chi connectivity index (χ2v) is 12.0. The molecule has 0 saturated heterocycles. The van der Waals surface area contributed by atoms with Crippen LogP contribution in [0.25, 0.3) is 11.1 Å². The minimum Gasteiger partial charge on any atom is -0.360 e. The van der Waals surface area contributed by atoms with E-state index in [-0.39, 0.29) is 25.7 Å². The first-order valence-electron chi connectivity index (χ1n) is 16.5. The highest BCUT2D eigenvalue weighted by molar-refractivity contribution is 6.87. The molecule has 0 aliphatic heterocycles. The molecule has 0 aliphatic carbocycles. The van der Waals surface area contributed by atoms with Crippen LogP contribution in [0.5, 0.6) is 0 Å². The number of amides is 2. The maximum atomic E-state index is 13.9. The van der Waals surface area contributed by atoms with Crippen molar-refractivity contribution in [3.8, 4) is 0 Å². The Labute approximate surface area is 300 Å². The van der Waals surface area contributed by atoms with Crippen molar-refractivity contribution in [3.63, 3.8) is 0 Å². The van der Waals surface area contributed by atoms with Crippen LogP contribution in [0.2, 0.25) is 0 Å². The molecule has 4 atom stereocenters. The summed E-state index contributed by atoms with van der Waals surface area (Å²) in [6.45, 7) is 0. The number of ketones is 3. The predicted molar refractivity (Wildman–Crippen MR) is 193 cm³/mol. The van der Waals surface area contributed by atoms with Gasteiger partial charge >= 0.3 is 17.2 Å². The Balaban J connectivity index is 1.58. The largest absolute Gasteiger partial charge is 0.415 e. The van der Waals surface area contributed by atoms with Gasteiger partial charge in [-0.3, -0.25) is 24.0 Å². The third kappa shape index (κ3) is 10.8. The van der Waals surface area contributed by atoms with Crippen molar-refractivity contribution in [1.29, 1.82) is 0 Å². The van der Waals surface area contributed by atoms with Gasteiger partial charge in [-0.05, 0) is 35.1 Å².